The Balaban J connectivity index is 1.37. The van der Waals surface area contributed by atoms with Gasteiger partial charge in [0.1, 0.15) is 0 Å². The van der Waals surface area contributed by atoms with Crippen LogP contribution < -0.4 is 5.32 Å². The molecule has 0 atom stereocenters. The summed E-state index contributed by atoms with van der Waals surface area (Å²) in [6, 6.07) is 17.4. The number of hydrogen-bond acceptors (Lipinski definition) is 3. The average molecular weight is 486 g/mol. The first-order valence-corrected chi connectivity index (χ1v) is 11.8. The molecule has 4 rings (SSSR count). The van der Waals surface area contributed by atoms with Crippen LogP contribution in [-0.2, 0) is 4.79 Å². The van der Waals surface area contributed by atoms with Crippen LogP contribution in [-0.4, -0.2) is 52.0 Å². The van der Waals surface area contributed by atoms with E-state index in [2.05, 4.69) is 21.2 Å². The second-order valence-corrected chi connectivity index (χ2v) is 9.74. The van der Waals surface area contributed by atoms with Crippen LogP contribution in [0.2, 0.25) is 0 Å². The molecule has 2 aliphatic heterocycles. The summed E-state index contributed by atoms with van der Waals surface area (Å²) >= 11 is 5.31. The van der Waals surface area contributed by atoms with Crippen molar-refractivity contribution >= 4 is 51.4 Å². The van der Waals surface area contributed by atoms with Gasteiger partial charge in [-0.05, 0) is 52.5 Å². The number of para-hydroxylation sites is 1. The Morgan fingerprint density at radius 3 is 2.43 bits per heavy atom. The summed E-state index contributed by atoms with van der Waals surface area (Å²) in [6.07, 6.45) is 5.12. The Morgan fingerprint density at radius 2 is 1.70 bits per heavy atom. The summed E-state index contributed by atoms with van der Waals surface area (Å²) in [5.41, 5.74) is 1.78. The van der Waals surface area contributed by atoms with Crippen molar-refractivity contribution in [3.05, 3.63) is 70.7 Å². The number of anilines is 1. The van der Waals surface area contributed by atoms with Crippen molar-refractivity contribution in [3.8, 4) is 0 Å². The van der Waals surface area contributed by atoms with E-state index in [9.17, 15) is 9.59 Å². The lowest BCUT2D eigenvalue weighted by atomic mass is 10.0. The van der Waals surface area contributed by atoms with Gasteiger partial charge in [0.25, 0.3) is 0 Å². The molecule has 2 fully saturated rings. The van der Waals surface area contributed by atoms with Crippen molar-refractivity contribution in [2.75, 3.05) is 30.7 Å². The van der Waals surface area contributed by atoms with Crippen LogP contribution in [0.5, 0.6) is 0 Å². The lowest BCUT2D eigenvalue weighted by Crippen LogP contribution is -2.54. The van der Waals surface area contributed by atoms with E-state index in [0.29, 0.717) is 13.1 Å². The maximum atomic E-state index is 12.9. The number of thioether (sulfide) groups is 1. The number of benzene rings is 2. The van der Waals surface area contributed by atoms with Gasteiger partial charge in [-0.1, -0.05) is 42.5 Å². The summed E-state index contributed by atoms with van der Waals surface area (Å²) in [5.74, 6) is 0.989. The standard InChI is InChI=1S/C23H24BrN3O2S/c24-19-8-4-5-9-20(19)25-22(29)26-14-12-23(13-15-26)27(16-17-30-23)21(28)11-10-18-6-2-1-3-7-18/h1-11H,12-17H2,(H,25,29). The molecular weight excluding hydrogens is 462 g/mol. The molecular formula is C23H24BrN3O2S. The Kier molecular flexibility index (Phi) is 6.49. The van der Waals surface area contributed by atoms with Crippen molar-refractivity contribution < 1.29 is 9.59 Å². The van der Waals surface area contributed by atoms with Gasteiger partial charge in [0.05, 0.1) is 10.6 Å². The second kappa shape index (κ2) is 9.27. The first-order chi connectivity index (χ1) is 14.6. The van der Waals surface area contributed by atoms with Crippen molar-refractivity contribution in [2.24, 2.45) is 0 Å². The predicted octanol–water partition coefficient (Wildman–Crippen LogP) is 5.06. The van der Waals surface area contributed by atoms with Crippen molar-refractivity contribution in [1.29, 1.82) is 0 Å². The SMILES string of the molecule is O=C(Nc1ccccc1Br)N1CCC2(CC1)SCCN2C(=O)C=Cc1ccccc1. The van der Waals surface area contributed by atoms with Gasteiger partial charge in [-0.25, -0.2) is 4.79 Å². The molecule has 1 N–H and O–H groups in total. The number of rotatable bonds is 3. The van der Waals surface area contributed by atoms with Gasteiger partial charge in [0.2, 0.25) is 5.91 Å². The number of nitrogens with zero attached hydrogens (tertiary/aromatic N) is 2. The van der Waals surface area contributed by atoms with Crippen LogP contribution in [0.3, 0.4) is 0 Å². The third kappa shape index (κ3) is 4.57. The number of likely N-dealkylation sites (tertiary alicyclic amines) is 1. The molecule has 7 heteroatoms. The average Bonchev–Trinajstić information content (AvgIpc) is 3.18. The molecule has 0 unspecified atom stereocenters. The van der Waals surface area contributed by atoms with Crippen molar-refractivity contribution in [3.63, 3.8) is 0 Å². The molecule has 3 amide bonds. The fourth-order valence-corrected chi connectivity index (χ4v) is 5.82. The molecule has 2 heterocycles. The van der Waals surface area contributed by atoms with Crippen LogP contribution in [0.4, 0.5) is 10.5 Å². The van der Waals surface area contributed by atoms with Crippen LogP contribution in [0.25, 0.3) is 6.08 Å². The van der Waals surface area contributed by atoms with E-state index in [1.165, 1.54) is 0 Å². The van der Waals surface area contributed by atoms with Gasteiger partial charge < -0.3 is 15.1 Å². The molecule has 0 saturated carbocycles. The highest BCUT2D eigenvalue weighted by Crippen LogP contribution is 2.44. The lowest BCUT2D eigenvalue weighted by molar-refractivity contribution is -0.129. The van der Waals surface area contributed by atoms with Crippen LogP contribution in [0.15, 0.2) is 65.1 Å². The van der Waals surface area contributed by atoms with E-state index in [0.717, 1.165) is 40.9 Å². The normalized spacial score (nSPS) is 18.2. The Bertz CT molecular complexity index is 942. The maximum Gasteiger partial charge on any atom is 0.321 e. The van der Waals surface area contributed by atoms with Gasteiger partial charge in [-0.3, -0.25) is 4.79 Å². The van der Waals surface area contributed by atoms with Crippen LogP contribution in [0.1, 0.15) is 18.4 Å². The van der Waals surface area contributed by atoms with Crippen LogP contribution in [0, 0.1) is 0 Å². The summed E-state index contributed by atoms with van der Waals surface area (Å²) in [4.78, 5) is 29.2. The van der Waals surface area contributed by atoms with E-state index < -0.39 is 0 Å². The highest BCUT2D eigenvalue weighted by Gasteiger charge is 2.46. The number of urea groups is 1. The maximum absolute atomic E-state index is 12.9. The third-order valence-corrected chi connectivity index (χ3v) is 7.85. The first-order valence-electron chi connectivity index (χ1n) is 10.1. The number of nitrogens with one attached hydrogen (secondary N) is 1. The van der Waals surface area contributed by atoms with Gasteiger partial charge in [-0.2, -0.15) is 0 Å². The molecule has 2 aromatic rings. The molecule has 30 heavy (non-hydrogen) atoms. The number of piperidine rings is 1. The molecule has 2 aromatic carbocycles. The van der Waals surface area contributed by atoms with Gasteiger partial charge in [0, 0.05) is 35.9 Å². The summed E-state index contributed by atoms with van der Waals surface area (Å²) in [6.45, 7) is 2.02. The number of carbonyl (C=O) groups is 2. The Labute approximate surface area is 189 Å². The van der Waals surface area contributed by atoms with E-state index in [1.54, 1.807) is 6.08 Å². The van der Waals surface area contributed by atoms with E-state index >= 15 is 0 Å². The largest absolute Gasteiger partial charge is 0.324 e. The van der Waals surface area contributed by atoms with E-state index in [4.69, 9.17) is 0 Å². The summed E-state index contributed by atoms with van der Waals surface area (Å²) in [7, 11) is 0. The first kappa shape index (κ1) is 21.0. The molecule has 2 aliphatic rings. The quantitative estimate of drug-likeness (QED) is 0.617. The van der Waals surface area contributed by atoms with Gasteiger partial charge in [-0.15, -0.1) is 11.8 Å². The van der Waals surface area contributed by atoms with Crippen molar-refractivity contribution in [2.45, 2.75) is 17.7 Å². The highest BCUT2D eigenvalue weighted by molar-refractivity contribution is 9.10. The summed E-state index contributed by atoms with van der Waals surface area (Å²) < 4.78 is 0.861. The molecule has 1 spiro atoms. The molecule has 0 radical (unpaired) electrons. The minimum absolute atomic E-state index is 0.0509. The smallest absolute Gasteiger partial charge is 0.321 e. The van der Waals surface area contributed by atoms with E-state index in [-0.39, 0.29) is 16.8 Å². The minimum Gasteiger partial charge on any atom is -0.324 e. The molecule has 156 valence electrons. The monoisotopic (exact) mass is 485 g/mol. The summed E-state index contributed by atoms with van der Waals surface area (Å²) in [5, 5.41) is 2.97. The zero-order valence-electron chi connectivity index (χ0n) is 16.6. The van der Waals surface area contributed by atoms with Gasteiger partial charge >= 0.3 is 6.03 Å². The van der Waals surface area contributed by atoms with Crippen molar-refractivity contribution in [1.82, 2.24) is 9.80 Å². The Morgan fingerprint density at radius 1 is 1.00 bits per heavy atom. The molecule has 5 nitrogen and oxygen atoms in total. The molecule has 2 saturated heterocycles. The number of halogens is 1. The van der Waals surface area contributed by atoms with Gasteiger partial charge in [0.15, 0.2) is 0 Å². The molecule has 0 aliphatic carbocycles. The fourth-order valence-electron chi connectivity index (χ4n) is 3.97. The number of hydrogen-bond donors (Lipinski definition) is 1. The zero-order valence-corrected chi connectivity index (χ0v) is 19.0. The number of amides is 3. The van der Waals surface area contributed by atoms with Crippen LogP contribution >= 0.6 is 27.7 Å². The topological polar surface area (TPSA) is 52.7 Å². The lowest BCUT2D eigenvalue weighted by Gasteiger charge is -2.43. The molecule has 0 aromatic heterocycles. The number of carbonyl (C=O) groups excluding carboxylic acids is 2. The zero-order chi connectivity index (χ0) is 21.0. The highest BCUT2D eigenvalue weighted by atomic mass is 79.9. The Hall–Kier alpha value is -2.25. The molecule has 0 bridgehead atoms. The third-order valence-electron chi connectivity index (χ3n) is 5.61. The fraction of sp³-hybridized carbons (Fsp3) is 0.304. The predicted molar refractivity (Wildman–Crippen MR) is 126 cm³/mol. The minimum atomic E-state index is -0.206. The van der Waals surface area contributed by atoms with E-state index in [1.807, 2.05) is 82.2 Å². The second-order valence-electron chi connectivity index (χ2n) is 7.43.